The number of anilines is 1. The molecule has 67 valence electrons. The Bertz CT molecular complexity index is 373. The first-order valence-corrected chi connectivity index (χ1v) is 4.29. The maximum atomic E-state index is 5.43. The molecule has 0 amide bonds. The highest BCUT2D eigenvalue weighted by atomic mass is 16.4. The van der Waals surface area contributed by atoms with E-state index in [0.717, 1.165) is 11.1 Å². The highest BCUT2D eigenvalue weighted by molar-refractivity contribution is 5.73. The second-order valence-corrected chi connectivity index (χ2v) is 3.21. The Hall–Kier alpha value is -1.51. The summed E-state index contributed by atoms with van der Waals surface area (Å²) in [6.07, 6.45) is 0. The third-order valence-corrected chi connectivity index (χ3v) is 1.65. The SMILES string of the molecule is CC(C)Nc1nc2cc[c]cc2o1. The fraction of sp³-hybridized carbons (Fsp3) is 0.300. The van der Waals surface area contributed by atoms with E-state index in [9.17, 15) is 0 Å². The van der Waals surface area contributed by atoms with Crippen LogP contribution in [-0.2, 0) is 0 Å². The Morgan fingerprint density at radius 1 is 1.54 bits per heavy atom. The van der Waals surface area contributed by atoms with Crippen molar-refractivity contribution in [3.05, 3.63) is 24.3 Å². The normalized spacial score (nSPS) is 11.0. The molecule has 1 radical (unpaired) electrons. The van der Waals surface area contributed by atoms with Gasteiger partial charge in [-0.1, -0.05) is 6.07 Å². The Kier molecular flexibility index (Phi) is 1.93. The van der Waals surface area contributed by atoms with E-state index >= 15 is 0 Å². The van der Waals surface area contributed by atoms with Crippen LogP contribution in [0, 0.1) is 6.07 Å². The lowest BCUT2D eigenvalue weighted by Gasteiger charge is -2.02. The number of nitrogens with one attached hydrogen (secondary N) is 1. The molecule has 1 aromatic heterocycles. The minimum absolute atomic E-state index is 0.331. The van der Waals surface area contributed by atoms with Crippen LogP contribution in [0.25, 0.3) is 11.1 Å². The van der Waals surface area contributed by atoms with E-state index in [1.165, 1.54) is 0 Å². The quantitative estimate of drug-likeness (QED) is 0.761. The molecular weight excluding hydrogens is 164 g/mol. The molecule has 0 saturated carbocycles. The molecule has 13 heavy (non-hydrogen) atoms. The third-order valence-electron chi connectivity index (χ3n) is 1.65. The molecule has 0 fully saturated rings. The molecule has 0 atom stereocenters. The maximum absolute atomic E-state index is 5.43. The number of aromatic nitrogens is 1. The standard InChI is InChI=1S/C10H11N2O/c1-7(2)11-10-12-8-5-3-4-6-9(8)13-10/h3,5-7H,1-2H3,(H,11,12). The molecule has 1 N–H and O–H groups in total. The summed E-state index contributed by atoms with van der Waals surface area (Å²) in [6.45, 7) is 4.09. The Labute approximate surface area is 76.8 Å². The molecule has 0 unspecified atom stereocenters. The van der Waals surface area contributed by atoms with E-state index in [1.807, 2.05) is 26.0 Å². The van der Waals surface area contributed by atoms with E-state index in [2.05, 4.69) is 16.4 Å². The van der Waals surface area contributed by atoms with Gasteiger partial charge in [-0.15, -0.1) is 0 Å². The minimum atomic E-state index is 0.331. The van der Waals surface area contributed by atoms with Gasteiger partial charge in [-0.2, -0.15) is 4.98 Å². The molecule has 1 heterocycles. The fourth-order valence-electron chi connectivity index (χ4n) is 1.13. The summed E-state index contributed by atoms with van der Waals surface area (Å²) in [7, 11) is 0. The van der Waals surface area contributed by atoms with Crippen LogP contribution in [0.2, 0.25) is 0 Å². The van der Waals surface area contributed by atoms with Gasteiger partial charge in [0.1, 0.15) is 5.52 Å². The van der Waals surface area contributed by atoms with Crippen LogP contribution in [0.4, 0.5) is 6.01 Å². The number of oxazole rings is 1. The summed E-state index contributed by atoms with van der Waals surface area (Å²) in [5, 5.41) is 3.10. The number of hydrogen-bond donors (Lipinski definition) is 1. The van der Waals surface area contributed by atoms with Gasteiger partial charge in [0, 0.05) is 6.04 Å². The van der Waals surface area contributed by atoms with E-state index in [-0.39, 0.29) is 0 Å². The Morgan fingerprint density at radius 3 is 3.08 bits per heavy atom. The van der Waals surface area contributed by atoms with E-state index in [1.54, 1.807) is 6.07 Å². The zero-order valence-corrected chi connectivity index (χ0v) is 7.66. The van der Waals surface area contributed by atoms with Gasteiger partial charge in [0.05, 0.1) is 0 Å². The molecule has 1 aromatic carbocycles. The molecule has 0 aliphatic rings. The third kappa shape index (κ3) is 1.64. The topological polar surface area (TPSA) is 38.1 Å². The molecule has 0 saturated heterocycles. The highest BCUT2D eigenvalue weighted by Gasteiger charge is 2.04. The van der Waals surface area contributed by atoms with Crippen molar-refractivity contribution < 1.29 is 4.42 Å². The number of hydrogen-bond acceptors (Lipinski definition) is 3. The average molecular weight is 175 g/mol. The summed E-state index contributed by atoms with van der Waals surface area (Å²) in [4.78, 5) is 4.26. The number of rotatable bonds is 2. The van der Waals surface area contributed by atoms with Crippen molar-refractivity contribution in [2.45, 2.75) is 19.9 Å². The summed E-state index contributed by atoms with van der Waals surface area (Å²) in [6, 6.07) is 9.33. The number of benzene rings is 1. The van der Waals surface area contributed by atoms with E-state index < -0.39 is 0 Å². The first-order chi connectivity index (χ1) is 6.25. The van der Waals surface area contributed by atoms with Gasteiger partial charge >= 0.3 is 0 Å². The molecule has 0 bridgehead atoms. The van der Waals surface area contributed by atoms with Crippen molar-refractivity contribution in [1.82, 2.24) is 4.98 Å². The molecular formula is C10H11N2O. The average Bonchev–Trinajstić information content (AvgIpc) is 2.44. The highest BCUT2D eigenvalue weighted by Crippen LogP contribution is 2.17. The van der Waals surface area contributed by atoms with Gasteiger partial charge in [0.2, 0.25) is 0 Å². The van der Waals surface area contributed by atoms with Crippen LogP contribution < -0.4 is 5.32 Å². The van der Waals surface area contributed by atoms with Gasteiger partial charge < -0.3 is 9.73 Å². The molecule has 2 rings (SSSR count). The van der Waals surface area contributed by atoms with E-state index in [0.29, 0.717) is 12.1 Å². The molecule has 3 heteroatoms. The number of nitrogens with zero attached hydrogens (tertiary/aromatic N) is 1. The lowest BCUT2D eigenvalue weighted by Crippen LogP contribution is -2.09. The molecule has 0 aliphatic heterocycles. The van der Waals surface area contributed by atoms with Crippen molar-refractivity contribution in [2.75, 3.05) is 5.32 Å². The maximum Gasteiger partial charge on any atom is 0.295 e. The number of fused-ring (bicyclic) bond motifs is 1. The predicted octanol–water partition coefficient (Wildman–Crippen LogP) is 2.45. The predicted molar refractivity (Wildman–Crippen MR) is 51.6 cm³/mol. The molecule has 0 spiro atoms. The van der Waals surface area contributed by atoms with Crippen LogP contribution in [0.15, 0.2) is 22.6 Å². The largest absolute Gasteiger partial charge is 0.424 e. The monoisotopic (exact) mass is 175 g/mol. The van der Waals surface area contributed by atoms with Crippen LogP contribution >= 0.6 is 0 Å². The summed E-state index contributed by atoms with van der Waals surface area (Å²) in [5.74, 6) is 0. The Balaban J connectivity index is 2.38. The van der Waals surface area contributed by atoms with Gasteiger partial charge in [-0.25, -0.2) is 0 Å². The molecule has 3 nitrogen and oxygen atoms in total. The first-order valence-electron chi connectivity index (χ1n) is 4.29. The lowest BCUT2D eigenvalue weighted by molar-refractivity contribution is 0.606. The Morgan fingerprint density at radius 2 is 2.38 bits per heavy atom. The second-order valence-electron chi connectivity index (χ2n) is 3.21. The van der Waals surface area contributed by atoms with Crippen molar-refractivity contribution in [3.63, 3.8) is 0 Å². The van der Waals surface area contributed by atoms with Crippen LogP contribution in [0.5, 0.6) is 0 Å². The smallest absolute Gasteiger partial charge is 0.295 e. The second kappa shape index (κ2) is 3.09. The lowest BCUT2D eigenvalue weighted by atomic mass is 10.3. The minimum Gasteiger partial charge on any atom is -0.424 e. The first kappa shape index (κ1) is 8.10. The van der Waals surface area contributed by atoms with Gasteiger partial charge in [-0.05, 0) is 32.0 Å². The summed E-state index contributed by atoms with van der Waals surface area (Å²) >= 11 is 0. The van der Waals surface area contributed by atoms with E-state index in [4.69, 9.17) is 4.42 Å². The summed E-state index contributed by atoms with van der Waals surface area (Å²) in [5.41, 5.74) is 1.63. The zero-order chi connectivity index (χ0) is 9.26. The van der Waals surface area contributed by atoms with Gasteiger partial charge in [0.15, 0.2) is 5.58 Å². The van der Waals surface area contributed by atoms with Crippen molar-refractivity contribution in [1.29, 1.82) is 0 Å². The van der Waals surface area contributed by atoms with Crippen LogP contribution in [0.1, 0.15) is 13.8 Å². The van der Waals surface area contributed by atoms with Crippen LogP contribution in [0.3, 0.4) is 0 Å². The molecule has 2 aromatic rings. The van der Waals surface area contributed by atoms with Crippen molar-refractivity contribution in [2.24, 2.45) is 0 Å². The van der Waals surface area contributed by atoms with Crippen molar-refractivity contribution >= 4 is 17.1 Å². The van der Waals surface area contributed by atoms with Gasteiger partial charge in [0.25, 0.3) is 6.01 Å². The summed E-state index contributed by atoms with van der Waals surface area (Å²) < 4.78 is 5.43. The van der Waals surface area contributed by atoms with Crippen LogP contribution in [-0.4, -0.2) is 11.0 Å². The van der Waals surface area contributed by atoms with Crippen molar-refractivity contribution in [3.8, 4) is 0 Å². The van der Waals surface area contributed by atoms with Gasteiger partial charge in [-0.3, -0.25) is 0 Å². The zero-order valence-electron chi connectivity index (χ0n) is 7.66. The molecule has 0 aliphatic carbocycles. The fourth-order valence-corrected chi connectivity index (χ4v) is 1.13.